The van der Waals surface area contributed by atoms with Crippen molar-refractivity contribution in [1.82, 2.24) is 9.80 Å². The number of rotatable bonds is 10. The molecule has 1 aliphatic carbocycles. The Labute approximate surface area is 187 Å². The molecule has 0 radical (unpaired) electrons. The van der Waals surface area contributed by atoms with Crippen molar-refractivity contribution >= 4 is 0 Å². The summed E-state index contributed by atoms with van der Waals surface area (Å²) in [6, 6.07) is 17.6. The quantitative estimate of drug-likeness (QED) is 0.545. The number of ether oxygens (including phenoxy) is 2. The lowest BCUT2D eigenvalue weighted by Gasteiger charge is -2.15. The molecule has 5 rings (SSSR count). The second-order valence-corrected chi connectivity index (χ2v) is 9.38. The molecule has 2 atom stereocenters. The van der Waals surface area contributed by atoms with Crippen molar-refractivity contribution in [3.05, 3.63) is 59.7 Å². The zero-order valence-corrected chi connectivity index (χ0v) is 18.7. The molecule has 0 bridgehead atoms. The molecule has 2 unspecified atom stereocenters. The van der Waals surface area contributed by atoms with Crippen molar-refractivity contribution in [2.24, 2.45) is 0 Å². The highest BCUT2D eigenvalue weighted by molar-refractivity contribution is 5.40. The van der Waals surface area contributed by atoms with E-state index in [1.165, 1.54) is 69.4 Å². The molecule has 3 aliphatic rings. The van der Waals surface area contributed by atoms with Crippen molar-refractivity contribution < 1.29 is 9.47 Å². The molecule has 2 saturated heterocycles. The van der Waals surface area contributed by atoms with Crippen LogP contribution in [-0.2, 0) is 0 Å². The van der Waals surface area contributed by atoms with E-state index in [4.69, 9.17) is 9.47 Å². The minimum absolute atomic E-state index is 0.639. The molecular formula is C27H36N2O2. The summed E-state index contributed by atoms with van der Waals surface area (Å²) < 4.78 is 11.9. The first-order chi connectivity index (χ1) is 15.3. The summed E-state index contributed by atoms with van der Waals surface area (Å²) in [7, 11) is 0. The molecular weight excluding hydrogens is 384 g/mol. The first-order valence-corrected chi connectivity index (χ1v) is 12.3. The first-order valence-electron chi connectivity index (χ1n) is 12.3. The van der Waals surface area contributed by atoms with Crippen LogP contribution in [-0.4, -0.2) is 62.3 Å². The molecule has 1 saturated carbocycles. The Balaban J connectivity index is 1.06. The monoisotopic (exact) mass is 420 g/mol. The molecule has 4 heteroatoms. The third kappa shape index (κ3) is 5.61. The Kier molecular flexibility index (Phi) is 6.76. The van der Waals surface area contributed by atoms with Crippen molar-refractivity contribution in [2.45, 2.75) is 43.9 Å². The van der Waals surface area contributed by atoms with Crippen molar-refractivity contribution in [3.63, 3.8) is 0 Å². The summed E-state index contributed by atoms with van der Waals surface area (Å²) in [5, 5.41) is 0. The fourth-order valence-corrected chi connectivity index (χ4v) is 5.15. The summed E-state index contributed by atoms with van der Waals surface area (Å²) in [4.78, 5) is 4.99. The third-order valence-corrected chi connectivity index (χ3v) is 7.16. The number of likely N-dealkylation sites (tertiary alicyclic amines) is 2. The van der Waals surface area contributed by atoms with Crippen LogP contribution in [0.4, 0.5) is 0 Å². The second-order valence-electron chi connectivity index (χ2n) is 9.38. The van der Waals surface area contributed by atoms with Gasteiger partial charge in [-0.2, -0.15) is 0 Å². The lowest BCUT2D eigenvalue weighted by Crippen LogP contribution is -2.25. The summed E-state index contributed by atoms with van der Waals surface area (Å²) in [5.41, 5.74) is 2.87. The summed E-state index contributed by atoms with van der Waals surface area (Å²) in [5.74, 6) is 3.27. The lowest BCUT2D eigenvalue weighted by atomic mass is 10.0. The first kappa shape index (κ1) is 20.8. The van der Waals surface area contributed by atoms with Gasteiger partial charge in [0.1, 0.15) is 24.7 Å². The van der Waals surface area contributed by atoms with Crippen LogP contribution in [0.15, 0.2) is 48.5 Å². The molecule has 0 N–H and O–H groups in total. The van der Waals surface area contributed by atoms with Crippen molar-refractivity contribution in [3.8, 4) is 11.5 Å². The van der Waals surface area contributed by atoms with E-state index in [1.54, 1.807) is 0 Å². The average molecular weight is 421 g/mol. The van der Waals surface area contributed by atoms with Gasteiger partial charge in [-0.05, 0) is 106 Å². The van der Waals surface area contributed by atoms with Crippen LogP contribution in [0.3, 0.4) is 0 Å². The predicted molar refractivity (Wildman–Crippen MR) is 125 cm³/mol. The smallest absolute Gasteiger partial charge is 0.119 e. The van der Waals surface area contributed by atoms with Crippen LogP contribution in [0, 0.1) is 0 Å². The van der Waals surface area contributed by atoms with Gasteiger partial charge in [-0.3, -0.25) is 9.80 Å². The van der Waals surface area contributed by atoms with Crippen LogP contribution in [0.25, 0.3) is 0 Å². The average Bonchev–Trinajstić information content (AvgIpc) is 3.15. The minimum Gasteiger partial charge on any atom is -0.492 e. The Morgan fingerprint density at radius 1 is 0.581 bits per heavy atom. The molecule has 0 aromatic heterocycles. The van der Waals surface area contributed by atoms with E-state index >= 15 is 0 Å². The van der Waals surface area contributed by atoms with Crippen molar-refractivity contribution in [1.29, 1.82) is 0 Å². The van der Waals surface area contributed by atoms with E-state index in [-0.39, 0.29) is 0 Å². The standard InChI is InChI=1S/C27H36N2O2/c1-2-14-28(13-1)17-19-30-24-9-5-22(6-10-24)26-21-27(26)23-7-11-25(12-8-23)31-20-18-29-15-3-4-16-29/h5-12,26-27H,1-4,13-21H2. The maximum Gasteiger partial charge on any atom is 0.119 e. The SMILES string of the molecule is c1cc(C2CC2c2ccc(OCCN3CCCC3)cc2)ccc1OCCN1CCCC1. The van der Waals surface area contributed by atoms with Gasteiger partial charge < -0.3 is 9.47 Å². The molecule has 31 heavy (non-hydrogen) atoms. The molecule has 3 fully saturated rings. The predicted octanol–water partition coefficient (Wildman–Crippen LogP) is 4.91. The van der Waals surface area contributed by atoms with Gasteiger partial charge in [-0.1, -0.05) is 24.3 Å². The number of hydrogen-bond acceptors (Lipinski definition) is 4. The Hall–Kier alpha value is -2.04. The topological polar surface area (TPSA) is 24.9 Å². The van der Waals surface area contributed by atoms with E-state index in [2.05, 4.69) is 58.3 Å². The molecule has 2 aromatic carbocycles. The van der Waals surface area contributed by atoms with Gasteiger partial charge in [-0.25, -0.2) is 0 Å². The molecule has 2 heterocycles. The largest absolute Gasteiger partial charge is 0.492 e. The van der Waals surface area contributed by atoms with Gasteiger partial charge in [-0.15, -0.1) is 0 Å². The Morgan fingerprint density at radius 2 is 0.968 bits per heavy atom. The van der Waals surface area contributed by atoms with Crippen LogP contribution in [0.5, 0.6) is 11.5 Å². The van der Waals surface area contributed by atoms with E-state index in [1.807, 2.05) is 0 Å². The van der Waals surface area contributed by atoms with Gasteiger partial charge >= 0.3 is 0 Å². The van der Waals surface area contributed by atoms with E-state index < -0.39 is 0 Å². The molecule has 166 valence electrons. The Bertz CT molecular complexity index is 739. The third-order valence-electron chi connectivity index (χ3n) is 7.16. The molecule has 0 spiro atoms. The Morgan fingerprint density at radius 3 is 1.35 bits per heavy atom. The van der Waals surface area contributed by atoms with Gasteiger partial charge in [0.25, 0.3) is 0 Å². The van der Waals surface area contributed by atoms with Gasteiger partial charge in [0.2, 0.25) is 0 Å². The maximum absolute atomic E-state index is 5.95. The molecule has 2 aromatic rings. The van der Waals surface area contributed by atoms with Crippen LogP contribution in [0.1, 0.15) is 55.1 Å². The zero-order chi connectivity index (χ0) is 20.9. The lowest BCUT2D eigenvalue weighted by molar-refractivity contribution is 0.237. The van der Waals surface area contributed by atoms with Crippen molar-refractivity contribution in [2.75, 3.05) is 52.5 Å². The second kappa shape index (κ2) is 10.1. The highest BCUT2D eigenvalue weighted by Gasteiger charge is 2.39. The van der Waals surface area contributed by atoms with Crippen LogP contribution >= 0.6 is 0 Å². The van der Waals surface area contributed by atoms with E-state index in [9.17, 15) is 0 Å². The van der Waals surface area contributed by atoms with Gasteiger partial charge in [0.05, 0.1) is 0 Å². The maximum atomic E-state index is 5.95. The molecule has 0 amide bonds. The minimum atomic E-state index is 0.639. The number of hydrogen-bond donors (Lipinski definition) is 0. The number of benzene rings is 2. The van der Waals surface area contributed by atoms with Gasteiger partial charge in [0, 0.05) is 13.1 Å². The fraction of sp³-hybridized carbons (Fsp3) is 0.556. The van der Waals surface area contributed by atoms with E-state index in [0.29, 0.717) is 11.8 Å². The highest BCUT2D eigenvalue weighted by Crippen LogP contribution is 2.54. The summed E-state index contributed by atoms with van der Waals surface area (Å²) >= 11 is 0. The summed E-state index contributed by atoms with van der Waals surface area (Å²) in [6.45, 7) is 8.60. The van der Waals surface area contributed by atoms with Gasteiger partial charge in [0.15, 0.2) is 0 Å². The van der Waals surface area contributed by atoms with E-state index in [0.717, 1.165) is 37.8 Å². The fourth-order valence-electron chi connectivity index (χ4n) is 5.15. The van der Waals surface area contributed by atoms with Crippen LogP contribution in [0.2, 0.25) is 0 Å². The normalized spacial score (nSPS) is 23.9. The zero-order valence-electron chi connectivity index (χ0n) is 18.7. The molecule has 2 aliphatic heterocycles. The summed E-state index contributed by atoms with van der Waals surface area (Å²) in [6.07, 6.45) is 6.60. The highest BCUT2D eigenvalue weighted by atomic mass is 16.5. The number of nitrogens with zero attached hydrogens (tertiary/aromatic N) is 2. The van der Waals surface area contributed by atoms with Crippen LogP contribution < -0.4 is 9.47 Å². The molecule has 4 nitrogen and oxygen atoms in total.